The summed E-state index contributed by atoms with van der Waals surface area (Å²) in [5.74, 6) is 0.0126. The van der Waals surface area contributed by atoms with E-state index in [4.69, 9.17) is 0 Å². The first kappa shape index (κ1) is 11.5. The minimum Gasteiger partial charge on any atom is -0.289 e. The number of hydrogen-bond donors (Lipinski definition) is 0. The summed E-state index contributed by atoms with van der Waals surface area (Å²) in [7, 11) is 0. The first-order chi connectivity index (χ1) is 8.09. The summed E-state index contributed by atoms with van der Waals surface area (Å²) in [5.41, 5.74) is 3.76. The summed E-state index contributed by atoms with van der Waals surface area (Å²) in [5, 5.41) is 7.92. The molecule has 0 unspecified atom stereocenters. The Labute approximate surface area is 101 Å². The normalized spacial score (nSPS) is 10.3. The molecular formula is C14H14N2O. The molecule has 3 heteroatoms. The molecule has 3 nitrogen and oxygen atoms in total. The fourth-order valence-corrected chi connectivity index (χ4v) is 1.75. The van der Waals surface area contributed by atoms with Crippen LogP contribution in [0.1, 0.15) is 32.9 Å². The zero-order valence-electron chi connectivity index (χ0n) is 10.2. The van der Waals surface area contributed by atoms with Gasteiger partial charge in [0.25, 0.3) is 0 Å². The lowest BCUT2D eigenvalue weighted by Crippen LogP contribution is -2.08. The lowest BCUT2D eigenvalue weighted by Gasteiger charge is -2.06. The van der Waals surface area contributed by atoms with Gasteiger partial charge in [-0.05, 0) is 32.4 Å². The summed E-state index contributed by atoms with van der Waals surface area (Å²) in [6, 6.07) is 9.36. The van der Waals surface area contributed by atoms with Crippen LogP contribution in [0.15, 0.2) is 30.3 Å². The monoisotopic (exact) mass is 226 g/mol. The van der Waals surface area contributed by atoms with E-state index >= 15 is 0 Å². The number of rotatable bonds is 2. The van der Waals surface area contributed by atoms with Gasteiger partial charge in [-0.1, -0.05) is 24.3 Å². The van der Waals surface area contributed by atoms with Gasteiger partial charge in [0, 0.05) is 11.1 Å². The second-order valence-electron chi connectivity index (χ2n) is 4.13. The third kappa shape index (κ3) is 2.23. The molecular weight excluding hydrogens is 212 g/mol. The third-order valence-electron chi connectivity index (χ3n) is 2.74. The second-order valence-corrected chi connectivity index (χ2v) is 4.13. The van der Waals surface area contributed by atoms with E-state index < -0.39 is 0 Å². The molecule has 2 rings (SSSR count). The quantitative estimate of drug-likeness (QED) is 0.739. The molecule has 0 aliphatic carbocycles. The van der Waals surface area contributed by atoms with Gasteiger partial charge in [-0.25, -0.2) is 0 Å². The predicted molar refractivity (Wildman–Crippen MR) is 66.1 cm³/mol. The standard InChI is InChI=1S/C14H14N2O/c1-9-6-4-5-7-12(9)14(17)13-8-10(2)15-16-11(13)3/h4-8H,1-3H3. The number of aryl methyl sites for hydroxylation is 3. The van der Waals surface area contributed by atoms with Crippen LogP contribution in [-0.2, 0) is 0 Å². The summed E-state index contributed by atoms with van der Waals surface area (Å²) in [4.78, 5) is 12.4. The Hall–Kier alpha value is -2.03. The molecule has 1 aromatic carbocycles. The molecule has 0 radical (unpaired) electrons. The van der Waals surface area contributed by atoms with Crippen molar-refractivity contribution in [3.05, 3.63) is 58.4 Å². The molecule has 0 bridgehead atoms. The predicted octanol–water partition coefficient (Wildman–Crippen LogP) is 2.63. The highest BCUT2D eigenvalue weighted by atomic mass is 16.1. The summed E-state index contributed by atoms with van der Waals surface area (Å²) >= 11 is 0. The summed E-state index contributed by atoms with van der Waals surface area (Å²) in [6.45, 7) is 5.57. The average molecular weight is 226 g/mol. The first-order valence-corrected chi connectivity index (χ1v) is 5.51. The van der Waals surface area contributed by atoms with E-state index in [9.17, 15) is 4.79 Å². The molecule has 1 heterocycles. The molecule has 17 heavy (non-hydrogen) atoms. The highest BCUT2D eigenvalue weighted by Gasteiger charge is 2.14. The van der Waals surface area contributed by atoms with Crippen molar-refractivity contribution < 1.29 is 4.79 Å². The maximum atomic E-state index is 12.4. The number of aromatic nitrogens is 2. The second kappa shape index (κ2) is 4.45. The number of hydrogen-bond acceptors (Lipinski definition) is 3. The number of carbonyl (C=O) groups is 1. The van der Waals surface area contributed by atoms with Gasteiger partial charge in [-0.3, -0.25) is 4.79 Å². The van der Waals surface area contributed by atoms with E-state index in [1.165, 1.54) is 0 Å². The molecule has 86 valence electrons. The molecule has 0 fully saturated rings. The van der Waals surface area contributed by atoms with Crippen LogP contribution in [-0.4, -0.2) is 16.0 Å². The minimum atomic E-state index is 0.0126. The fraction of sp³-hybridized carbons (Fsp3) is 0.214. The lowest BCUT2D eigenvalue weighted by atomic mass is 9.98. The van der Waals surface area contributed by atoms with Crippen LogP contribution in [0.4, 0.5) is 0 Å². The van der Waals surface area contributed by atoms with E-state index in [0.29, 0.717) is 11.3 Å². The SMILES string of the molecule is Cc1cc(C(=O)c2ccccc2C)c(C)nn1. The lowest BCUT2D eigenvalue weighted by molar-refractivity contribution is 0.103. The van der Waals surface area contributed by atoms with Gasteiger partial charge in [-0.2, -0.15) is 10.2 Å². The zero-order chi connectivity index (χ0) is 12.4. The van der Waals surface area contributed by atoms with Gasteiger partial charge >= 0.3 is 0 Å². The molecule has 1 aromatic heterocycles. The van der Waals surface area contributed by atoms with E-state index in [0.717, 1.165) is 16.8 Å². The van der Waals surface area contributed by atoms with Crippen molar-refractivity contribution in [1.29, 1.82) is 0 Å². The fourth-order valence-electron chi connectivity index (χ4n) is 1.75. The largest absolute Gasteiger partial charge is 0.289 e. The molecule has 0 aliphatic rings. The molecule has 0 saturated heterocycles. The Morgan fingerprint density at radius 2 is 1.71 bits per heavy atom. The van der Waals surface area contributed by atoms with Crippen molar-refractivity contribution in [2.75, 3.05) is 0 Å². The van der Waals surface area contributed by atoms with E-state index in [-0.39, 0.29) is 5.78 Å². The Balaban J connectivity index is 2.51. The molecule has 0 spiro atoms. The van der Waals surface area contributed by atoms with Crippen LogP contribution >= 0.6 is 0 Å². The Kier molecular flexibility index (Phi) is 3.00. The van der Waals surface area contributed by atoms with Crippen LogP contribution in [0.2, 0.25) is 0 Å². The van der Waals surface area contributed by atoms with Crippen molar-refractivity contribution in [3.8, 4) is 0 Å². The van der Waals surface area contributed by atoms with Crippen LogP contribution in [0.3, 0.4) is 0 Å². The van der Waals surface area contributed by atoms with E-state index in [2.05, 4.69) is 10.2 Å². The van der Waals surface area contributed by atoms with Crippen molar-refractivity contribution in [1.82, 2.24) is 10.2 Å². The Morgan fingerprint density at radius 3 is 2.41 bits per heavy atom. The number of benzene rings is 1. The third-order valence-corrected chi connectivity index (χ3v) is 2.74. The highest BCUT2D eigenvalue weighted by Crippen LogP contribution is 2.15. The number of nitrogens with zero attached hydrogens (tertiary/aromatic N) is 2. The van der Waals surface area contributed by atoms with Crippen molar-refractivity contribution >= 4 is 5.78 Å². The van der Waals surface area contributed by atoms with Crippen LogP contribution in [0, 0.1) is 20.8 Å². The van der Waals surface area contributed by atoms with Crippen LogP contribution in [0.5, 0.6) is 0 Å². The average Bonchev–Trinajstić information content (AvgIpc) is 2.32. The topological polar surface area (TPSA) is 42.9 Å². The van der Waals surface area contributed by atoms with Gasteiger partial charge < -0.3 is 0 Å². The summed E-state index contributed by atoms with van der Waals surface area (Å²) < 4.78 is 0. The molecule has 0 aliphatic heterocycles. The number of carbonyl (C=O) groups excluding carboxylic acids is 1. The zero-order valence-corrected chi connectivity index (χ0v) is 10.2. The molecule has 2 aromatic rings. The van der Waals surface area contributed by atoms with Gasteiger partial charge in [-0.15, -0.1) is 0 Å². The molecule has 0 amide bonds. The van der Waals surface area contributed by atoms with Crippen molar-refractivity contribution in [3.63, 3.8) is 0 Å². The maximum Gasteiger partial charge on any atom is 0.195 e. The van der Waals surface area contributed by atoms with Crippen LogP contribution in [0.25, 0.3) is 0 Å². The molecule has 0 saturated carbocycles. The maximum absolute atomic E-state index is 12.4. The summed E-state index contributed by atoms with van der Waals surface area (Å²) in [6.07, 6.45) is 0. The van der Waals surface area contributed by atoms with E-state index in [1.807, 2.05) is 38.1 Å². The van der Waals surface area contributed by atoms with E-state index in [1.54, 1.807) is 13.0 Å². The number of ketones is 1. The molecule has 0 N–H and O–H groups in total. The highest BCUT2D eigenvalue weighted by molar-refractivity contribution is 6.10. The van der Waals surface area contributed by atoms with Crippen molar-refractivity contribution in [2.45, 2.75) is 20.8 Å². The van der Waals surface area contributed by atoms with Crippen LogP contribution < -0.4 is 0 Å². The van der Waals surface area contributed by atoms with Gasteiger partial charge in [0.05, 0.1) is 11.4 Å². The smallest absolute Gasteiger partial charge is 0.195 e. The first-order valence-electron chi connectivity index (χ1n) is 5.51. The van der Waals surface area contributed by atoms with Gasteiger partial charge in [0.1, 0.15) is 0 Å². The van der Waals surface area contributed by atoms with Gasteiger partial charge in [0.15, 0.2) is 5.78 Å². The van der Waals surface area contributed by atoms with Crippen molar-refractivity contribution in [2.24, 2.45) is 0 Å². The molecule has 0 atom stereocenters. The Morgan fingerprint density at radius 1 is 1.00 bits per heavy atom. The Bertz CT molecular complexity index is 576. The van der Waals surface area contributed by atoms with Gasteiger partial charge in [0.2, 0.25) is 0 Å². The minimum absolute atomic E-state index is 0.0126.